The van der Waals surface area contributed by atoms with E-state index in [4.69, 9.17) is 9.47 Å². The minimum atomic E-state index is -0.0542. The van der Waals surface area contributed by atoms with Crippen LogP contribution in [0.2, 0.25) is 0 Å². The number of rotatable bonds is 6. The minimum Gasteiger partial charge on any atom is -0.493 e. The van der Waals surface area contributed by atoms with Crippen LogP contribution in [-0.4, -0.2) is 26.2 Å². The summed E-state index contributed by atoms with van der Waals surface area (Å²) in [4.78, 5) is 10.7. The predicted octanol–water partition coefficient (Wildman–Crippen LogP) is 1.92. The molecule has 0 radical (unpaired) electrons. The zero-order valence-corrected chi connectivity index (χ0v) is 10.9. The third-order valence-corrected chi connectivity index (χ3v) is 3.67. The first-order valence-corrected chi connectivity index (χ1v) is 6.15. The van der Waals surface area contributed by atoms with E-state index in [0.717, 1.165) is 42.7 Å². The number of benzene rings is 1. The Morgan fingerprint density at radius 2 is 2.00 bits per heavy atom. The summed E-state index contributed by atoms with van der Waals surface area (Å²) in [5.41, 5.74) is 1.10. The molecule has 1 N–H and O–H groups in total. The first-order valence-electron chi connectivity index (χ1n) is 6.15. The third kappa shape index (κ3) is 2.42. The summed E-state index contributed by atoms with van der Waals surface area (Å²) in [6.45, 7) is 0. The Kier molecular flexibility index (Phi) is 3.75. The molecule has 1 amide bonds. The van der Waals surface area contributed by atoms with Gasteiger partial charge in [-0.05, 0) is 43.4 Å². The Morgan fingerprint density at radius 3 is 2.50 bits per heavy atom. The number of nitrogens with one attached hydrogen (secondary N) is 1. The molecule has 0 saturated heterocycles. The van der Waals surface area contributed by atoms with Crippen molar-refractivity contribution in [1.82, 2.24) is 5.32 Å². The fraction of sp³-hybridized carbons (Fsp3) is 0.500. The molecule has 4 nitrogen and oxygen atoms in total. The van der Waals surface area contributed by atoms with E-state index in [1.807, 2.05) is 18.2 Å². The highest BCUT2D eigenvalue weighted by Crippen LogP contribution is 2.36. The number of carbonyl (C=O) groups is 1. The van der Waals surface area contributed by atoms with Gasteiger partial charge in [0.1, 0.15) is 0 Å². The highest BCUT2D eigenvalue weighted by atomic mass is 16.5. The average Bonchev–Trinajstić information content (AvgIpc) is 2.36. The maximum absolute atomic E-state index is 10.7. The molecule has 0 spiro atoms. The average molecular weight is 249 g/mol. The van der Waals surface area contributed by atoms with E-state index >= 15 is 0 Å². The molecule has 1 aliphatic carbocycles. The molecule has 0 aliphatic heterocycles. The van der Waals surface area contributed by atoms with Crippen molar-refractivity contribution in [3.05, 3.63) is 23.8 Å². The molecule has 2 rings (SSSR count). The second-order valence-electron chi connectivity index (χ2n) is 4.76. The van der Waals surface area contributed by atoms with E-state index in [0.29, 0.717) is 0 Å². The van der Waals surface area contributed by atoms with Crippen molar-refractivity contribution in [3.8, 4) is 11.5 Å². The van der Waals surface area contributed by atoms with Gasteiger partial charge in [0.15, 0.2) is 11.5 Å². The normalized spacial score (nSPS) is 16.6. The Morgan fingerprint density at radius 1 is 1.28 bits per heavy atom. The van der Waals surface area contributed by atoms with E-state index in [1.165, 1.54) is 6.42 Å². The van der Waals surface area contributed by atoms with Gasteiger partial charge < -0.3 is 14.8 Å². The SMILES string of the molecule is COc1ccc(CC2(NC=O)CCC2)cc1OC. The summed E-state index contributed by atoms with van der Waals surface area (Å²) in [7, 11) is 3.25. The van der Waals surface area contributed by atoms with Crippen molar-refractivity contribution in [3.63, 3.8) is 0 Å². The quantitative estimate of drug-likeness (QED) is 0.783. The molecule has 0 atom stereocenters. The molecule has 1 aliphatic rings. The Bertz CT molecular complexity index is 427. The molecule has 0 bridgehead atoms. The lowest BCUT2D eigenvalue weighted by Gasteiger charge is -2.41. The van der Waals surface area contributed by atoms with Gasteiger partial charge in [0.2, 0.25) is 6.41 Å². The van der Waals surface area contributed by atoms with Crippen LogP contribution >= 0.6 is 0 Å². The summed E-state index contributed by atoms with van der Waals surface area (Å²) < 4.78 is 10.5. The van der Waals surface area contributed by atoms with E-state index in [2.05, 4.69) is 5.32 Å². The molecular formula is C14H19NO3. The largest absolute Gasteiger partial charge is 0.493 e. The van der Waals surface area contributed by atoms with Gasteiger partial charge in [0.05, 0.1) is 14.2 Å². The maximum Gasteiger partial charge on any atom is 0.207 e. The zero-order chi connectivity index (χ0) is 13.0. The molecule has 0 heterocycles. The fourth-order valence-electron chi connectivity index (χ4n) is 2.48. The summed E-state index contributed by atoms with van der Waals surface area (Å²) in [5, 5.41) is 2.96. The zero-order valence-electron chi connectivity index (χ0n) is 10.9. The van der Waals surface area contributed by atoms with Gasteiger partial charge in [0.25, 0.3) is 0 Å². The second kappa shape index (κ2) is 5.29. The van der Waals surface area contributed by atoms with Crippen molar-refractivity contribution < 1.29 is 14.3 Å². The van der Waals surface area contributed by atoms with E-state index in [1.54, 1.807) is 14.2 Å². The molecule has 98 valence electrons. The van der Waals surface area contributed by atoms with Gasteiger partial charge in [-0.2, -0.15) is 0 Å². The molecule has 0 unspecified atom stereocenters. The number of hydrogen-bond donors (Lipinski definition) is 1. The summed E-state index contributed by atoms with van der Waals surface area (Å²) in [6, 6.07) is 5.90. The van der Waals surface area contributed by atoms with E-state index in [-0.39, 0.29) is 5.54 Å². The van der Waals surface area contributed by atoms with Crippen molar-refractivity contribution in [1.29, 1.82) is 0 Å². The fourth-order valence-corrected chi connectivity index (χ4v) is 2.48. The maximum atomic E-state index is 10.7. The molecule has 1 aromatic rings. The van der Waals surface area contributed by atoms with Crippen LogP contribution in [0.4, 0.5) is 0 Å². The molecule has 1 aromatic carbocycles. The van der Waals surface area contributed by atoms with Crippen LogP contribution < -0.4 is 14.8 Å². The van der Waals surface area contributed by atoms with Crippen LogP contribution in [0.25, 0.3) is 0 Å². The number of methoxy groups -OCH3 is 2. The van der Waals surface area contributed by atoms with Crippen molar-refractivity contribution >= 4 is 6.41 Å². The molecule has 0 aromatic heterocycles. The molecule has 1 fully saturated rings. The van der Waals surface area contributed by atoms with Gasteiger partial charge in [-0.15, -0.1) is 0 Å². The van der Waals surface area contributed by atoms with Crippen LogP contribution in [0.15, 0.2) is 18.2 Å². The smallest absolute Gasteiger partial charge is 0.207 e. The van der Waals surface area contributed by atoms with Crippen LogP contribution in [-0.2, 0) is 11.2 Å². The summed E-state index contributed by atoms with van der Waals surface area (Å²) in [6.07, 6.45) is 4.90. The minimum absolute atomic E-state index is 0.0542. The standard InChI is InChI=1S/C14H19NO3/c1-17-12-5-4-11(8-13(12)18-2)9-14(15-10-16)6-3-7-14/h4-5,8,10H,3,6-7,9H2,1-2H3,(H,15,16). The number of carbonyl (C=O) groups excluding carboxylic acids is 1. The highest BCUT2D eigenvalue weighted by molar-refractivity contribution is 5.49. The topological polar surface area (TPSA) is 47.6 Å². The van der Waals surface area contributed by atoms with Gasteiger partial charge in [0, 0.05) is 5.54 Å². The van der Waals surface area contributed by atoms with Crippen LogP contribution in [0.3, 0.4) is 0 Å². The Balaban J connectivity index is 2.16. The van der Waals surface area contributed by atoms with Crippen molar-refractivity contribution in [2.45, 2.75) is 31.2 Å². The first-order chi connectivity index (χ1) is 8.73. The van der Waals surface area contributed by atoms with E-state index < -0.39 is 0 Å². The highest BCUT2D eigenvalue weighted by Gasteiger charge is 2.36. The van der Waals surface area contributed by atoms with Gasteiger partial charge in [-0.25, -0.2) is 0 Å². The summed E-state index contributed by atoms with van der Waals surface area (Å²) >= 11 is 0. The molecule has 1 saturated carbocycles. The van der Waals surface area contributed by atoms with E-state index in [9.17, 15) is 4.79 Å². The monoisotopic (exact) mass is 249 g/mol. The van der Waals surface area contributed by atoms with Gasteiger partial charge in [-0.3, -0.25) is 4.79 Å². The van der Waals surface area contributed by atoms with Crippen LogP contribution in [0.1, 0.15) is 24.8 Å². The lowest BCUT2D eigenvalue weighted by molar-refractivity contribution is -0.112. The van der Waals surface area contributed by atoms with Gasteiger partial charge >= 0.3 is 0 Å². The van der Waals surface area contributed by atoms with Crippen molar-refractivity contribution in [2.75, 3.05) is 14.2 Å². The van der Waals surface area contributed by atoms with Crippen molar-refractivity contribution in [2.24, 2.45) is 0 Å². The van der Waals surface area contributed by atoms with Crippen LogP contribution in [0, 0.1) is 0 Å². The lowest BCUT2D eigenvalue weighted by atomic mass is 9.73. The first kappa shape index (κ1) is 12.7. The second-order valence-corrected chi connectivity index (χ2v) is 4.76. The Hall–Kier alpha value is -1.71. The number of hydrogen-bond acceptors (Lipinski definition) is 3. The predicted molar refractivity (Wildman–Crippen MR) is 69.0 cm³/mol. The van der Waals surface area contributed by atoms with Crippen LogP contribution in [0.5, 0.6) is 11.5 Å². The Labute approximate surface area is 107 Å². The number of amides is 1. The molecule has 18 heavy (non-hydrogen) atoms. The van der Waals surface area contributed by atoms with Gasteiger partial charge in [-0.1, -0.05) is 6.07 Å². The molecular weight excluding hydrogens is 230 g/mol. The lowest BCUT2D eigenvalue weighted by Crippen LogP contribution is -2.52. The summed E-state index contributed by atoms with van der Waals surface area (Å²) in [5.74, 6) is 1.46. The molecule has 4 heteroatoms. The number of ether oxygens (including phenoxy) is 2. The third-order valence-electron chi connectivity index (χ3n) is 3.67.